The molecule has 0 unspecified atom stereocenters. The lowest BCUT2D eigenvalue weighted by atomic mass is 10.5. The Morgan fingerprint density at radius 3 is 1.83 bits per heavy atom. The van der Waals surface area contributed by atoms with E-state index in [1.165, 1.54) is 0 Å². The molecule has 0 atom stereocenters. The second-order valence-electron chi connectivity index (χ2n) is 0.937. The predicted octanol–water partition coefficient (Wildman–Crippen LogP) is -1.38. The molecule has 3 nitrogen and oxygen atoms in total. The molecule has 6 heavy (non-hydrogen) atoms. The van der Waals surface area contributed by atoms with Crippen LogP contribution in [0.1, 0.15) is 0 Å². The van der Waals surface area contributed by atoms with E-state index >= 15 is 0 Å². The third kappa shape index (κ3) is 0.322. The van der Waals surface area contributed by atoms with Gasteiger partial charge < -0.3 is 14.9 Å². The van der Waals surface area contributed by atoms with Gasteiger partial charge in [-0.3, -0.25) is 0 Å². The van der Waals surface area contributed by atoms with Crippen LogP contribution in [0.25, 0.3) is 0 Å². The van der Waals surface area contributed by atoms with Crippen LogP contribution in [-0.2, 0) is 4.74 Å². The average molecular weight is 86.0 g/mol. The van der Waals surface area contributed by atoms with Crippen molar-refractivity contribution in [1.82, 2.24) is 0 Å². The van der Waals surface area contributed by atoms with Crippen molar-refractivity contribution < 1.29 is 14.9 Å². The maximum Gasteiger partial charge on any atom is 0.404 e. The summed E-state index contributed by atoms with van der Waals surface area (Å²) in [4.78, 5) is 0. The molecule has 0 fully saturated rings. The summed E-state index contributed by atoms with van der Waals surface area (Å²) in [6.07, 6.45) is 1.95. The van der Waals surface area contributed by atoms with Crippen molar-refractivity contribution in [3.8, 4) is 12.0 Å². The van der Waals surface area contributed by atoms with Crippen LogP contribution in [0.2, 0.25) is 0 Å². The van der Waals surface area contributed by atoms with E-state index in [1.807, 2.05) is 12.0 Å². The van der Waals surface area contributed by atoms with Gasteiger partial charge in [0.1, 0.15) is 6.11 Å². The molecule has 0 radical (unpaired) electrons. The molecule has 32 valence electrons. The number of hydrogen-bond acceptors (Lipinski definition) is 3. The molecule has 1 heterocycles. The number of aliphatic hydroxyl groups is 2. The molecule has 0 bridgehead atoms. The molecule has 2 N–H and O–H groups in total. The summed E-state index contributed by atoms with van der Waals surface area (Å²) in [6.45, 7) is 0. The van der Waals surface area contributed by atoms with E-state index in [0.29, 0.717) is 0 Å². The fraction of sp³-hybridized carbons (Fsp3) is 0.333. The van der Waals surface area contributed by atoms with Crippen molar-refractivity contribution in [2.24, 2.45) is 0 Å². The zero-order chi connectivity index (χ0) is 4.62. The Balaban J connectivity index is 2.67. The minimum atomic E-state index is -2.14. The zero-order valence-electron chi connectivity index (χ0n) is 2.80. The van der Waals surface area contributed by atoms with E-state index < -0.39 is 5.97 Å². The molecule has 0 saturated carbocycles. The van der Waals surface area contributed by atoms with Crippen LogP contribution in [0, 0.1) is 12.0 Å². The third-order valence-corrected chi connectivity index (χ3v) is 0.407. The van der Waals surface area contributed by atoms with E-state index in [9.17, 15) is 0 Å². The SMILES string of the molecule is OC1(O)C#CO1. The van der Waals surface area contributed by atoms with Gasteiger partial charge in [-0.1, -0.05) is 0 Å². The van der Waals surface area contributed by atoms with Gasteiger partial charge in [-0.25, -0.2) is 0 Å². The van der Waals surface area contributed by atoms with Crippen LogP contribution in [0.5, 0.6) is 0 Å². The van der Waals surface area contributed by atoms with Crippen LogP contribution >= 0.6 is 0 Å². The molecule has 0 aromatic rings. The molecule has 1 aliphatic rings. The molecule has 0 spiro atoms. The molecular weight excluding hydrogens is 84.0 g/mol. The van der Waals surface area contributed by atoms with Crippen molar-refractivity contribution in [3.05, 3.63) is 0 Å². The Morgan fingerprint density at radius 1 is 1.50 bits per heavy atom. The Bertz CT molecular complexity index is 116. The third-order valence-electron chi connectivity index (χ3n) is 0.407. The second-order valence-corrected chi connectivity index (χ2v) is 0.937. The Morgan fingerprint density at radius 2 is 1.83 bits per heavy atom. The van der Waals surface area contributed by atoms with Crippen LogP contribution < -0.4 is 0 Å². The molecule has 0 aromatic carbocycles. The van der Waals surface area contributed by atoms with Crippen LogP contribution in [-0.4, -0.2) is 16.2 Å². The lowest BCUT2D eigenvalue weighted by molar-refractivity contribution is -0.278. The van der Waals surface area contributed by atoms with Crippen LogP contribution in [0.4, 0.5) is 0 Å². The molecule has 3 heteroatoms. The average Bonchev–Trinajstić information content (AvgIpc) is 1.32. The van der Waals surface area contributed by atoms with Gasteiger partial charge in [0.05, 0.1) is 5.92 Å². The Hall–Kier alpha value is -0.720. The first kappa shape index (κ1) is 3.47. The summed E-state index contributed by atoms with van der Waals surface area (Å²) in [5.74, 6) is -0.215. The molecule has 0 saturated heterocycles. The van der Waals surface area contributed by atoms with E-state index in [4.69, 9.17) is 10.2 Å². The van der Waals surface area contributed by atoms with Crippen molar-refractivity contribution in [1.29, 1.82) is 0 Å². The lowest BCUT2D eigenvalue weighted by Gasteiger charge is -2.15. The molecule has 0 aromatic heterocycles. The van der Waals surface area contributed by atoms with Gasteiger partial charge in [0.2, 0.25) is 0 Å². The molecule has 1 aliphatic heterocycles. The highest BCUT2D eigenvalue weighted by atomic mass is 16.8. The number of ether oxygens (including phenoxy) is 1. The van der Waals surface area contributed by atoms with E-state index in [-0.39, 0.29) is 0 Å². The van der Waals surface area contributed by atoms with E-state index in [1.54, 1.807) is 0 Å². The highest BCUT2D eigenvalue weighted by Crippen LogP contribution is 2.04. The van der Waals surface area contributed by atoms with Gasteiger partial charge in [-0.05, 0) is 0 Å². The summed E-state index contributed by atoms with van der Waals surface area (Å²) in [5, 5.41) is 16.1. The first-order valence-corrected chi connectivity index (χ1v) is 1.36. The highest BCUT2D eigenvalue weighted by Gasteiger charge is 2.27. The Labute approximate surface area is 34.2 Å². The summed E-state index contributed by atoms with van der Waals surface area (Å²) >= 11 is 0. The van der Waals surface area contributed by atoms with Gasteiger partial charge in [0, 0.05) is 0 Å². The van der Waals surface area contributed by atoms with Crippen LogP contribution in [0.15, 0.2) is 0 Å². The van der Waals surface area contributed by atoms with Gasteiger partial charge in [-0.2, -0.15) is 0 Å². The summed E-state index contributed by atoms with van der Waals surface area (Å²) in [7, 11) is 0. The molecular formula is C3H2O3. The molecule has 0 aliphatic carbocycles. The fourth-order valence-electron chi connectivity index (χ4n) is 0.142. The van der Waals surface area contributed by atoms with Crippen molar-refractivity contribution in [3.63, 3.8) is 0 Å². The monoisotopic (exact) mass is 86.0 g/mol. The highest BCUT2D eigenvalue weighted by molar-refractivity contribution is 5.09. The molecule has 1 rings (SSSR count). The fourth-order valence-corrected chi connectivity index (χ4v) is 0.142. The van der Waals surface area contributed by atoms with Gasteiger partial charge in [0.15, 0.2) is 0 Å². The standard InChI is InChI=1S/C3H2O3/c4-3(5)1-2-6-3/h4-5H. The minimum absolute atomic E-state index is 1.92. The first-order chi connectivity index (χ1) is 2.71. The second kappa shape index (κ2) is 0.672. The number of rotatable bonds is 0. The van der Waals surface area contributed by atoms with E-state index in [0.717, 1.165) is 0 Å². The van der Waals surface area contributed by atoms with E-state index in [2.05, 4.69) is 4.74 Å². The van der Waals surface area contributed by atoms with Crippen molar-refractivity contribution in [2.75, 3.05) is 0 Å². The minimum Gasteiger partial charge on any atom is -0.376 e. The normalized spacial score (nSPS) is 22.3. The van der Waals surface area contributed by atoms with Gasteiger partial charge in [-0.15, -0.1) is 0 Å². The predicted molar refractivity (Wildman–Crippen MR) is 16.0 cm³/mol. The quantitative estimate of drug-likeness (QED) is 0.282. The van der Waals surface area contributed by atoms with Gasteiger partial charge >= 0.3 is 5.97 Å². The maximum absolute atomic E-state index is 8.07. The largest absolute Gasteiger partial charge is 0.404 e. The van der Waals surface area contributed by atoms with Crippen LogP contribution in [0.3, 0.4) is 0 Å². The summed E-state index contributed by atoms with van der Waals surface area (Å²) in [6, 6.07) is 0. The Kier molecular flexibility index (Phi) is 0.388. The summed E-state index contributed by atoms with van der Waals surface area (Å²) in [5.41, 5.74) is 0. The lowest BCUT2D eigenvalue weighted by Crippen LogP contribution is -2.33. The zero-order valence-corrected chi connectivity index (χ0v) is 2.80. The number of hydrogen-bond donors (Lipinski definition) is 2. The van der Waals surface area contributed by atoms with Crippen molar-refractivity contribution >= 4 is 0 Å². The summed E-state index contributed by atoms with van der Waals surface area (Å²) < 4.78 is 3.87. The smallest absolute Gasteiger partial charge is 0.376 e. The maximum atomic E-state index is 8.07. The topological polar surface area (TPSA) is 49.7 Å². The van der Waals surface area contributed by atoms with Gasteiger partial charge in [0.25, 0.3) is 0 Å². The first-order valence-electron chi connectivity index (χ1n) is 1.36. The van der Waals surface area contributed by atoms with Crippen molar-refractivity contribution in [2.45, 2.75) is 5.97 Å². The molecule has 0 amide bonds.